The second-order valence-electron chi connectivity index (χ2n) is 2.93. The molecule has 0 aliphatic carbocycles. The molecule has 1 rings (SSSR count). The maximum absolute atomic E-state index is 10.7. The molecular formula is C10H13NaO4S. The number of hydrogen-bond acceptors (Lipinski definition) is 4. The summed E-state index contributed by atoms with van der Waals surface area (Å²) in [4.78, 5) is 0.280. The van der Waals surface area contributed by atoms with Gasteiger partial charge in [-0.15, -0.1) is 0 Å². The van der Waals surface area contributed by atoms with Crippen molar-refractivity contribution in [3.05, 3.63) is 29.8 Å². The molecule has 1 atom stereocenters. The Kier molecular flexibility index (Phi) is 9.44. The van der Waals surface area contributed by atoms with E-state index in [9.17, 15) is 8.76 Å². The average Bonchev–Trinajstić information content (AvgIpc) is 2.25. The molecule has 84 valence electrons. The van der Waals surface area contributed by atoms with Gasteiger partial charge >= 0.3 is 29.6 Å². The molecule has 0 aliphatic rings. The molecule has 0 amide bonds. The molecule has 1 aromatic rings. The summed E-state index contributed by atoms with van der Waals surface area (Å²) in [7, 11) is 1.60. The van der Waals surface area contributed by atoms with E-state index in [-0.39, 0.29) is 34.5 Å². The summed E-state index contributed by atoms with van der Waals surface area (Å²) < 4.78 is 31.4. The first-order valence-corrected chi connectivity index (χ1v) is 5.56. The van der Waals surface area contributed by atoms with Crippen molar-refractivity contribution in [2.45, 2.75) is 11.5 Å². The zero-order chi connectivity index (χ0) is 11.1. The van der Waals surface area contributed by atoms with E-state index in [1.165, 1.54) is 0 Å². The van der Waals surface area contributed by atoms with Gasteiger partial charge in [-0.3, -0.25) is 4.21 Å². The average molecular weight is 252 g/mol. The predicted octanol–water partition coefficient (Wildman–Crippen LogP) is -1.91. The third-order valence-electron chi connectivity index (χ3n) is 1.79. The van der Waals surface area contributed by atoms with Gasteiger partial charge in [0.1, 0.15) is 0 Å². The molecule has 0 bridgehead atoms. The summed E-state index contributed by atoms with van der Waals surface area (Å²) in [5.41, 5.74) is 0.841. The fraction of sp³-hybridized carbons (Fsp3) is 0.400. The molecule has 16 heavy (non-hydrogen) atoms. The van der Waals surface area contributed by atoms with Crippen LogP contribution in [0.1, 0.15) is 5.56 Å². The summed E-state index contributed by atoms with van der Waals surface area (Å²) in [6, 6.07) is 6.65. The minimum absolute atomic E-state index is 0. The second kappa shape index (κ2) is 9.30. The van der Waals surface area contributed by atoms with E-state index < -0.39 is 11.1 Å². The van der Waals surface area contributed by atoms with Crippen LogP contribution in [0, 0.1) is 0 Å². The normalized spacial score (nSPS) is 11.9. The van der Waals surface area contributed by atoms with Gasteiger partial charge in [0.2, 0.25) is 0 Å². The van der Waals surface area contributed by atoms with Crippen molar-refractivity contribution in [2.75, 3.05) is 20.3 Å². The van der Waals surface area contributed by atoms with Crippen molar-refractivity contribution in [1.29, 1.82) is 0 Å². The van der Waals surface area contributed by atoms with E-state index in [0.717, 1.165) is 5.56 Å². The smallest absolute Gasteiger partial charge is 0.768 e. The second-order valence-corrected chi connectivity index (χ2v) is 3.87. The van der Waals surface area contributed by atoms with E-state index in [4.69, 9.17) is 9.47 Å². The molecule has 0 radical (unpaired) electrons. The van der Waals surface area contributed by atoms with E-state index >= 15 is 0 Å². The molecule has 0 aromatic heterocycles. The number of methoxy groups -OCH3 is 1. The Morgan fingerprint density at radius 3 is 2.75 bits per heavy atom. The third kappa shape index (κ3) is 6.10. The molecule has 0 N–H and O–H groups in total. The molecule has 0 saturated heterocycles. The fourth-order valence-corrected chi connectivity index (χ4v) is 1.51. The molecule has 0 aliphatic heterocycles. The van der Waals surface area contributed by atoms with Crippen LogP contribution < -0.4 is 29.6 Å². The van der Waals surface area contributed by atoms with Crippen LogP contribution in [0.25, 0.3) is 0 Å². The number of ether oxygens (including phenoxy) is 2. The van der Waals surface area contributed by atoms with Crippen molar-refractivity contribution < 1.29 is 47.8 Å². The maximum Gasteiger partial charge on any atom is 1.00 e. The van der Waals surface area contributed by atoms with Gasteiger partial charge in [0, 0.05) is 12.0 Å². The number of hydrogen-bond donors (Lipinski definition) is 0. The minimum Gasteiger partial charge on any atom is -0.768 e. The van der Waals surface area contributed by atoms with Crippen LogP contribution in [0.5, 0.6) is 0 Å². The van der Waals surface area contributed by atoms with Gasteiger partial charge in [0.25, 0.3) is 0 Å². The van der Waals surface area contributed by atoms with Crippen molar-refractivity contribution >= 4 is 11.1 Å². The van der Waals surface area contributed by atoms with Crippen LogP contribution >= 0.6 is 0 Å². The Morgan fingerprint density at radius 2 is 2.12 bits per heavy atom. The SMILES string of the molecule is COCCOCc1cccc(S(=O)[O-])c1.[Na+]. The Balaban J connectivity index is 0.00000225. The van der Waals surface area contributed by atoms with Crippen molar-refractivity contribution in [2.24, 2.45) is 0 Å². The number of rotatable bonds is 6. The van der Waals surface area contributed by atoms with Crippen molar-refractivity contribution in [1.82, 2.24) is 0 Å². The molecular weight excluding hydrogens is 239 g/mol. The molecule has 0 saturated carbocycles. The Hall–Kier alpha value is 0.250. The molecule has 0 heterocycles. The van der Waals surface area contributed by atoms with Crippen LogP contribution in [-0.4, -0.2) is 29.1 Å². The first kappa shape index (κ1) is 16.2. The van der Waals surface area contributed by atoms with Crippen LogP contribution in [0.15, 0.2) is 29.2 Å². The topological polar surface area (TPSA) is 58.6 Å². The van der Waals surface area contributed by atoms with Gasteiger partial charge in [-0.2, -0.15) is 0 Å². The van der Waals surface area contributed by atoms with E-state index in [0.29, 0.717) is 19.8 Å². The van der Waals surface area contributed by atoms with Crippen LogP contribution in [-0.2, 0) is 27.2 Å². The summed E-state index contributed by atoms with van der Waals surface area (Å²) in [6.07, 6.45) is 0. The zero-order valence-corrected chi connectivity index (χ0v) is 12.3. The Bertz CT molecular complexity index is 332. The molecule has 4 nitrogen and oxygen atoms in total. The van der Waals surface area contributed by atoms with Gasteiger partial charge in [-0.1, -0.05) is 12.1 Å². The minimum atomic E-state index is -2.18. The predicted molar refractivity (Wildman–Crippen MR) is 55.2 cm³/mol. The molecule has 6 heteroatoms. The summed E-state index contributed by atoms with van der Waals surface area (Å²) in [6.45, 7) is 1.43. The van der Waals surface area contributed by atoms with Crippen LogP contribution in [0.4, 0.5) is 0 Å². The maximum atomic E-state index is 10.7. The Labute approximate surface area is 120 Å². The third-order valence-corrected chi connectivity index (χ3v) is 2.43. The standard InChI is InChI=1S/C10H14O4S.Na/c1-13-5-6-14-8-9-3-2-4-10(7-9)15(11)12;/h2-4,7H,5-6,8H2,1H3,(H,11,12);/q;+1/p-1. The van der Waals surface area contributed by atoms with Gasteiger partial charge in [-0.05, 0) is 28.8 Å². The molecule has 0 spiro atoms. The largest absolute Gasteiger partial charge is 1.00 e. The zero-order valence-electron chi connectivity index (χ0n) is 9.47. The summed E-state index contributed by atoms with van der Waals surface area (Å²) >= 11 is -2.18. The van der Waals surface area contributed by atoms with Gasteiger partial charge in [0.15, 0.2) is 0 Å². The first-order chi connectivity index (χ1) is 7.24. The summed E-state index contributed by atoms with van der Waals surface area (Å²) in [5, 5.41) is 0. The van der Waals surface area contributed by atoms with Crippen LogP contribution in [0.2, 0.25) is 0 Å². The van der Waals surface area contributed by atoms with Crippen molar-refractivity contribution in [3.8, 4) is 0 Å². The summed E-state index contributed by atoms with van der Waals surface area (Å²) in [5.74, 6) is 0. The van der Waals surface area contributed by atoms with E-state index in [1.54, 1.807) is 25.3 Å². The van der Waals surface area contributed by atoms with E-state index in [1.807, 2.05) is 6.07 Å². The van der Waals surface area contributed by atoms with Crippen molar-refractivity contribution in [3.63, 3.8) is 0 Å². The fourth-order valence-electron chi connectivity index (χ4n) is 1.07. The molecule has 0 fully saturated rings. The van der Waals surface area contributed by atoms with E-state index in [2.05, 4.69) is 0 Å². The Morgan fingerprint density at radius 1 is 1.38 bits per heavy atom. The molecule has 1 unspecified atom stereocenters. The van der Waals surface area contributed by atoms with Gasteiger partial charge < -0.3 is 14.0 Å². The van der Waals surface area contributed by atoms with Crippen LogP contribution in [0.3, 0.4) is 0 Å². The van der Waals surface area contributed by atoms with Gasteiger partial charge in [-0.25, -0.2) is 0 Å². The number of benzene rings is 1. The monoisotopic (exact) mass is 252 g/mol. The van der Waals surface area contributed by atoms with Gasteiger partial charge in [0.05, 0.1) is 19.8 Å². The quantitative estimate of drug-likeness (QED) is 0.337. The first-order valence-electron chi connectivity index (χ1n) is 4.49. The molecule has 1 aromatic carbocycles.